The third kappa shape index (κ3) is 2.20. The van der Waals surface area contributed by atoms with Gasteiger partial charge in [-0.15, -0.1) is 11.8 Å². The van der Waals surface area contributed by atoms with Gasteiger partial charge in [-0.1, -0.05) is 12.1 Å². The summed E-state index contributed by atoms with van der Waals surface area (Å²) in [6.07, 6.45) is 4.85. The van der Waals surface area contributed by atoms with Crippen LogP contribution in [0.15, 0.2) is 23.1 Å². The Kier molecular flexibility index (Phi) is 3.16. The molecule has 2 aliphatic rings. The van der Waals surface area contributed by atoms with Crippen molar-refractivity contribution in [1.82, 2.24) is 4.90 Å². The number of nitrogens with two attached hydrogens (primary N) is 1. The van der Waals surface area contributed by atoms with Gasteiger partial charge in [0.15, 0.2) is 0 Å². The second-order valence-corrected chi connectivity index (χ2v) is 7.06. The van der Waals surface area contributed by atoms with Crippen LogP contribution >= 0.6 is 11.8 Å². The van der Waals surface area contributed by atoms with Crippen LogP contribution in [0.5, 0.6) is 0 Å². The molecule has 0 radical (unpaired) electrons. The Balaban J connectivity index is 1.95. The number of rotatable bonds is 3. The third-order valence-electron chi connectivity index (χ3n) is 4.14. The van der Waals surface area contributed by atoms with Gasteiger partial charge in [0.05, 0.1) is 6.04 Å². The van der Waals surface area contributed by atoms with Crippen LogP contribution in [-0.2, 0) is 6.42 Å². The maximum absolute atomic E-state index is 6.45. The van der Waals surface area contributed by atoms with Gasteiger partial charge in [0, 0.05) is 10.4 Å². The summed E-state index contributed by atoms with van der Waals surface area (Å²) in [5.41, 5.74) is 9.40. The molecule has 3 heteroatoms. The van der Waals surface area contributed by atoms with Crippen molar-refractivity contribution in [2.75, 3.05) is 19.8 Å². The highest BCUT2D eigenvalue weighted by Crippen LogP contribution is 2.46. The Morgan fingerprint density at radius 1 is 1.33 bits per heavy atom. The van der Waals surface area contributed by atoms with Crippen LogP contribution < -0.4 is 5.73 Å². The van der Waals surface area contributed by atoms with Gasteiger partial charge in [0.25, 0.3) is 0 Å². The van der Waals surface area contributed by atoms with E-state index in [1.54, 1.807) is 0 Å². The van der Waals surface area contributed by atoms with Crippen LogP contribution in [0, 0.1) is 0 Å². The minimum absolute atomic E-state index is 0.0134. The lowest BCUT2D eigenvalue weighted by Crippen LogP contribution is -2.39. The number of likely N-dealkylation sites (N-methyl/N-ethyl adjacent to an activating group) is 1. The van der Waals surface area contributed by atoms with Gasteiger partial charge < -0.3 is 10.6 Å². The fourth-order valence-electron chi connectivity index (χ4n) is 3.11. The maximum atomic E-state index is 6.45. The summed E-state index contributed by atoms with van der Waals surface area (Å²) < 4.78 is 0. The van der Waals surface area contributed by atoms with Crippen molar-refractivity contribution in [2.45, 2.75) is 42.2 Å². The highest BCUT2D eigenvalue weighted by Gasteiger charge is 2.47. The van der Waals surface area contributed by atoms with Gasteiger partial charge in [-0.3, -0.25) is 0 Å². The Bertz CT molecular complexity index is 452. The molecule has 1 aliphatic carbocycles. The predicted molar refractivity (Wildman–Crippen MR) is 78.1 cm³/mol. The van der Waals surface area contributed by atoms with E-state index in [4.69, 9.17) is 5.73 Å². The van der Waals surface area contributed by atoms with Gasteiger partial charge in [0.1, 0.15) is 0 Å². The number of nitrogens with zero attached hydrogens (tertiary/aromatic N) is 1. The molecule has 1 heterocycles. The second-order valence-electron chi connectivity index (χ2n) is 5.92. The van der Waals surface area contributed by atoms with Crippen LogP contribution in [0.1, 0.15) is 36.4 Å². The Morgan fingerprint density at radius 2 is 2.11 bits per heavy atom. The van der Waals surface area contributed by atoms with Crippen LogP contribution in [0.4, 0.5) is 0 Å². The van der Waals surface area contributed by atoms with Gasteiger partial charge in [-0.2, -0.15) is 0 Å². The number of thioether (sulfide) groups is 1. The van der Waals surface area contributed by atoms with Gasteiger partial charge >= 0.3 is 0 Å². The molecule has 98 valence electrons. The standard InChI is InChI=1S/C15H22N2S/c1-17(2)14(15(16)7-8-15)12-5-6-13-11(10-12)4-3-9-18-13/h5-6,10,14H,3-4,7-9,16H2,1-2H3. The van der Waals surface area contributed by atoms with Crippen LogP contribution in [0.2, 0.25) is 0 Å². The van der Waals surface area contributed by atoms with E-state index in [9.17, 15) is 0 Å². The number of hydrogen-bond donors (Lipinski definition) is 1. The lowest BCUT2D eigenvalue weighted by atomic mass is 9.94. The first-order valence-electron chi connectivity index (χ1n) is 6.81. The van der Waals surface area contributed by atoms with Crippen molar-refractivity contribution in [2.24, 2.45) is 5.73 Å². The monoisotopic (exact) mass is 262 g/mol. The average molecular weight is 262 g/mol. The highest BCUT2D eigenvalue weighted by atomic mass is 32.2. The Morgan fingerprint density at radius 3 is 2.78 bits per heavy atom. The molecule has 0 saturated heterocycles. The normalized spacial score (nSPS) is 22.7. The summed E-state index contributed by atoms with van der Waals surface area (Å²) in [6.45, 7) is 0. The molecule has 0 bridgehead atoms. The van der Waals surface area contributed by atoms with Gasteiger partial charge in [0.2, 0.25) is 0 Å². The average Bonchev–Trinajstić information content (AvgIpc) is 3.07. The molecule has 0 spiro atoms. The summed E-state index contributed by atoms with van der Waals surface area (Å²) in [6, 6.07) is 7.36. The van der Waals surface area contributed by atoms with Crippen LogP contribution in [0.25, 0.3) is 0 Å². The zero-order valence-electron chi connectivity index (χ0n) is 11.3. The Labute approximate surface area is 114 Å². The van der Waals surface area contributed by atoms with E-state index in [-0.39, 0.29) is 5.54 Å². The summed E-state index contributed by atoms with van der Waals surface area (Å²) in [4.78, 5) is 3.76. The van der Waals surface area contributed by atoms with Crippen LogP contribution in [0.3, 0.4) is 0 Å². The molecule has 2 nitrogen and oxygen atoms in total. The molecule has 1 atom stereocenters. The molecular weight excluding hydrogens is 240 g/mol. The van der Waals surface area contributed by atoms with E-state index < -0.39 is 0 Å². The van der Waals surface area contributed by atoms with E-state index >= 15 is 0 Å². The third-order valence-corrected chi connectivity index (χ3v) is 5.34. The number of fused-ring (bicyclic) bond motifs is 1. The van der Waals surface area contributed by atoms with Crippen molar-refractivity contribution in [3.05, 3.63) is 29.3 Å². The molecule has 1 unspecified atom stereocenters. The van der Waals surface area contributed by atoms with E-state index in [1.807, 2.05) is 11.8 Å². The molecule has 1 fully saturated rings. The SMILES string of the molecule is CN(C)C(c1ccc2c(c1)CCCS2)C1(N)CC1. The molecule has 1 aromatic carbocycles. The molecule has 0 aromatic heterocycles. The molecule has 0 amide bonds. The maximum Gasteiger partial charge on any atom is 0.0523 e. The van der Waals surface area contributed by atoms with Crippen molar-refractivity contribution in [3.8, 4) is 0 Å². The summed E-state index contributed by atoms with van der Waals surface area (Å²) >= 11 is 2.00. The molecular formula is C15H22N2S. The van der Waals surface area contributed by atoms with E-state index in [2.05, 4.69) is 37.2 Å². The fourth-order valence-corrected chi connectivity index (χ4v) is 4.13. The summed E-state index contributed by atoms with van der Waals surface area (Å²) in [7, 11) is 4.29. The quantitative estimate of drug-likeness (QED) is 0.908. The second kappa shape index (κ2) is 4.55. The number of hydrogen-bond acceptors (Lipinski definition) is 3. The zero-order chi connectivity index (χ0) is 12.8. The topological polar surface area (TPSA) is 29.3 Å². The number of benzene rings is 1. The predicted octanol–water partition coefficient (Wildman–Crippen LogP) is 2.82. The van der Waals surface area contributed by atoms with Gasteiger partial charge in [-0.25, -0.2) is 0 Å². The van der Waals surface area contributed by atoms with E-state index in [0.29, 0.717) is 6.04 Å². The lowest BCUT2D eigenvalue weighted by molar-refractivity contribution is 0.245. The largest absolute Gasteiger partial charge is 0.323 e. The highest BCUT2D eigenvalue weighted by molar-refractivity contribution is 7.99. The zero-order valence-corrected chi connectivity index (χ0v) is 12.1. The molecule has 1 aliphatic heterocycles. The molecule has 2 N–H and O–H groups in total. The van der Waals surface area contributed by atoms with Crippen molar-refractivity contribution < 1.29 is 0 Å². The molecule has 18 heavy (non-hydrogen) atoms. The smallest absolute Gasteiger partial charge is 0.0523 e. The molecule has 1 saturated carbocycles. The molecule has 1 aromatic rings. The van der Waals surface area contributed by atoms with Crippen molar-refractivity contribution in [3.63, 3.8) is 0 Å². The Hall–Kier alpha value is -0.510. The van der Waals surface area contributed by atoms with E-state index in [0.717, 1.165) is 12.8 Å². The summed E-state index contributed by atoms with van der Waals surface area (Å²) in [5.74, 6) is 1.27. The minimum Gasteiger partial charge on any atom is -0.323 e. The van der Waals surface area contributed by atoms with E-state index in [1.165, 1.54) is 34.6 Å². The first-order chi connectivity index (χ1) is 8.60. The van der Waals surface area contributed by atoms with Crippen LogP contribution in [-0.4, -0.2) is 30.3 Å². The number of aryl methyl sites for hydroxylation is 1. The minimum atomic E-state index is 0.0134. The molecule has 3 rings (SSSR count). The first-order valence-corrected chi connectivity index (χ1v) is 7.80. The van der Waals surface area contributed by atoms with Crippen molar-refractivity contribution >= 4 is 11.8 Å². The van der Waals surface area contributed by atoms with Crippen molar-refractivity contribution in [1.29, 1.82) is 0 Å². The lowest BCUT2D eigenvalue weighted by Gasteiger charge is -2.31. The van der Waals surface area contributed by atoms with Gasteiger partial charge in [-0.05, 0) is 62.7 Å². The first kappa shape index (κ1) is 12.5. The summed E-state index contributed by atoms with van der Waals surface area (Å²) in [5, 5.41) is 0. The fraction of sp³-hybridized carbons (Fsp3) is 0.600.